The van der Waals surface area contributed by atoms with E-state index in [0.29, 0.717) is 29.6 Å². The minimum atomic E-state index is -0.260. The quantitative estimate of drug-likeness (QED) is 0.734. The molecule has 124 valence electrons. The van der Waals surface area contributed by atoms with E-state index in [9.17, 15) is 4.39 Å². The van der Waals surface area contributed by atoms with Crippen LogP contribution in [0.25, 0.3) is 0 Å². The minimum absolute atomic E-state index is 0.260. The van der Waals surface area contributed by atoms with Crippen molar-refractivity contribution >= 4 is 17.5 Å². The molecule has 0 unspecified atom stereocenters. The molecular weight excluding hydrogens is 317 g/mol. The number of halogens is 1. The zero-order valence-corrected chi connectivity index (χ0v) is 13.6. The zero-order chi connectivity index (χ0) is 17.6. The van der Waals surface area contributed by atoms with E-state index < -0.39 is 0 Å². The highest BCUT2D eigenvalue weighted by molar-refractivity contribution is 5.63. The Bertz CT molecular complexity index is 916. The van der Waals surface area contributed by atoms with Gasteiger partial charge in [-0.05, 0) is 36.8 Å². The summed E-state index contributed by atoms with van der Waals surface area (Å²) in [5.74, 6) is 0.794. The van der Waals surface area contributed by atoms with Gasteiger partial charge in [0.15, 0.2) is 0 Å². The topological polar surface area (TPSA) is 73.6 Å². The number of benzene rings is 2. The molecule has 0 aliphatic carbocycles. The Morgan fingerprint density at radius 2 is 1.84 bits per heavy atom. The lowest BCUT2D eigenvalue weighted by atomic mass is 10.2. The van der Waals surface area contributed by atoms with Crippen LogP contribution in [0, 0.1) is 24.1 Å². The summed E-state index contributed by atoms with van der Waals surface area (Å²) in [7, 11) is 0. The third-order valence-electron chi connectivity index (χ3n) is 3.54. The van der Waals surface area contributed by atoms with Crippen LogP contribution in [0.3, 0.4) is 0 Å². The van der Waals surface area contributed by atoms with Gasteiger partial charge in [0.05, 0.1) is 11.3 Å². The van der Waals surface area contributed by atoms with Crippen molar-refractivity contribution in [3.8, 4) is 6.07 Å². The number of hydrogen-bond donors (Lipinski definition) is 2. The highest BCUT2D eigenvalue weighted by Crippen LogP contribution is 2.19. The number of aromatic nitrogens is 2. The molecule has 0 aliphatic heterocycles. The van der Waals surface area contributed by atoms with Crippen LogP contribution in [-0.4, -0.2) is 9.97 Å². The average molecular weight is 333 g/mol. The van der Waals surface area contributed by atoms with Crippen LogP contribution >= 0.6 is 0 Å². The van der Waals surface area contributed by atoms with Crippen LogP contribution in [0.1, 0.15) is 16.8 Å². The maximum atomic E-state index is 13.0. The van der Waals surface area contributed by atoms with E-state index in [4.69, 9.17) is 5.26 Å². The van der Waals surface area contributed by atoms with Gasteiger partial charge in [0.25, 0.3) is 0 Å². The molecule has 2 N–H and O–H groups in total. The van der Waals surface area contributed by atoms with E-state index in [1.165, 1.54) is 12.1 Å². The molecule has 0 saturated carbocycles. The molecule has 1 aromatic heterocycles. The second kappa shape index (κ2) is 7.41. The fraction of sp³-hybridized carbons (Fsp3) is 0.105. The van der Waals surface area contributed by atoms with Crippen molar-refractivity contribution < 1.29 is 4.39 Å². The van der Waals surface area contributed by atoms with Gasteiger partial charge in [0.2, 0.25) is 5.95 Å². The number of para-hydroxylation sites is 1. The SMILES string of the molecule is Cc1cc(NCc2ccc(F)cc2)nc(Nc2ccccc2C#N)n1. The maximum absolute atomic E-state index is 13.0. The van der Waals surface area contributed by atoms with Gasteiger partial charge >= 0.3 is 0 Å². The number of nitriles is 1. The number of anilines is 3. The average Bonchev–Trinajstić information content (AvgIpc) is 2.61. The first-order chi connectivity index (χ1) is 12.1. The van der Waals surface area contributed by atoms with Gasteiger partial charge in [0, 0.05) is 18.3 Å². The first-order valence-electron chi connectivity index (χ1n) is 7.74. The summed E-state index contributed by atoms with van der Waals surface area (Å²) in [5.41, 5.74) is 2.91. The number of nitrogens with zero attached hydrogens (tertiary/aromatic N) is 3. The van der Waals surface area contributed by atoms with E-state index in [2.05, 4.69) is 26.7 Å². The van der Waals surface area contributed by atoms with Gasteiger partial charge in [-0.3, -0.25) is 0 Å². The molecule has 0 atom stereocenters. The van der Waals surface area contributed by atoms with Crippen LogP contribution in [0.4, 0.5) is 21.8 Å². The van der Waals surface area contributed by atoms with Crippen molar-refractivity contribution in [3.63, 3.8) is 0 Å². The highest BCUT2D eigenvalue weighted by atomic mass is 19.1. The lowest BCUT2D eigenvalue weighted by molar-refractivity contribution is 0.627. The predicted molar refractivity (Wildman–Crippen MR) is 94.9 cm³/mol. The summed E-state index contributed by atoms with van der Waals surface area (Å²) in [6, 6.07) is 17.4. The second-order valence-corrected chi connectivity index (χ2v) is 5.48. The smallest absolute Gasteiger partial charge is 0.229 e. The fourth-order valence-electron chi connectivity index (χ4n) is 2.32. The molecule has 5 nitrogen and oxygen atoms in total. The molecule has 6 heteroatoms. The Balaban J connectivity index is 1.76. The molecule has 0 aliphatic rings. The number of aryl methyl sites for hydroxylation is 1. The van der Waals surface area contributed by atoms with Gasteiger partial charge in [0.1, 0.15) is 17.7 Å². The Morgan fingerprint density at radius 3 is 2.60 bits per heavy atom. The van der Waals surface area contributed by atoms with Gasteiger partial charge < -0.3 is 10.6 Å². The van der Waals surface area contributed by atoms with Crippen molar-refractivity contribution in [3.05, 3.63) is 77.2 Å². The van der Waals surface area contributed by atoms with Crippen LogP contribution in [0.5, 0.6) is 0 Å². The first kappa shape index (κ1) is 16.4. The van der Waals surface area contributed by atoms with Crippen molar-refractivity contribution in [1.82, 2.24) is 9.97 Å². The van der Waals surface area contributed by atoms with E-state index in [1.807, 2.05) is 19.1 Å². The van der Waals surface area contributed by atoms with Gasteiger partial charge in [-0.25, -0.2) is 9.37 Å². The molecule has 0 spiro atoms. The summed E-state index contributed by atoms with van der Waals surface area (Å²) in [4.78, 5) is 8.77. The molecule has 2 aromatic carbocycles. The molecule has 0 radical (unpaired) electrons. The summed E-state index contributed by atoms with van der Waals surface area (Å²) < 4.78 is 13.0. The maximum Gasteiger partial charge on any atom is 0.229 e. The van der Waals surface area contributed by atoms with Crippen molar-refractivity contribution in [2.45, 2.75) is 13.5 Å². The monoisotopic (exact) mass is 333 g/mol. The molecule has 1 heterocycles. The van der Waals surface area contributed by atoms with Crippen molar-refractivity contribution in [2.24, 2.45) is 0 Å². The van der Waals surface area contributed by atoms with Gasteiger partial charge in [-0.15, -0.1) is 0 Å². The Labute approximate surface area is 145 Å². The largest absolute Gasteiger partial charge is 0.366 e. The van der Waals surface area contributed by atoms with E-state index >= 15 is 0 Å². The Kier molecular flexibility index (Phi) is 4.86. The van der Waals surface area contributed by atoms with Crippen molar-refractivity contribution in [2.75, 3.05) is 10.6 Å². The van der Waals surface area contributed by atoms with Crippen LogP contribution in [0.15, 0.2) is 54.6 Å². The van der Waals surface area contributed by atoms with Gasteiger partial charge in [-0.2, -0.15) is 10.2 Å². The summed E-state index contributed by atoms with van der Waals surface area (Å²) in [5, 5.41) is 15.4. The zero-order valence-electron chi connectivity index (χ0n) is 13.6. The second-order valence-electron chi connectivity index (χ2n) is 5.48. The standard InChI is InChI=1S/C19H16FN5/c1-13-10-18(22-12-14-6-8-16(20)9-7-14)25-19(23-13)24-17-5-3-2-4-15(17)11-21/h2-10H,12H2,1H3,(H2,22,23,24,25). The Morgan fingerprint density at radius 1 is 1.08 bits per heavy atom. The van der Waals surface area contributed by atoms with Crippen LogP contribution in [-0.2, 0) is 6.54 Å². The lowest BCUT2D eigenvalue weighted by Gasteiger charge is -2.11. The van der Waals surface area contributed by atoms with Crippen molar-refractivity contribution in [1.29, 1.82) is 5.26 Å². The molecule has 3 aromatic rings. The number of hydrogen-bond acceptors (Lipinski definition) is 5. The number of nitrogens with one attached hydrogen (secondary N) is 2. The number of rotatable bonds is 5. The van der Waals surface area contributed by atoms with Gasteiger partial charge in [-0.1, -0.05) is 24.3 Å². The molecule has 0 bridgehead atoms. The van der Waals surface area contributed by atoms with Crippen LogP contribution < -0.4 is 10.6 Å². The summed E-state index contributed by atoms with van der Waals surface area (Å²) in [6.07, 6.45) is 0. The summed E-state index contributed by atoms with van der Waals surface area (Å²) >= 11 is 0. The minimum Gasteiger partial charge on any atom is -0.366 e. The third kappa shape index (κ3) is 4.30. The fourth-order valence-corrected chi connectivity index (χ4v) is 2.32. The highest BCUT2D eigenvalue weighted by Gasteiger charge is 2.06. The molecule has 0 fully saturated rings. The summed E-state index contributed by atoms with van der Waals surface area (Å²) in [6.45, 7) is 2.39. The molecular formula is C19H16FN5. The lowest BCUT2D eigenvalue weighted by Crippen LogP contribution is -2.06. The molecule has 3 rings (SSSR count). The van der Waals surface area contributed by atoms with Crippen LogP contribution in [0.2, 0.25) is 0 Å². The van der Waals surface area contributed by atoms with E-state index in [-0.39, 0.29) is 5.82 Å². The Hall–Kier alpha value is -3.46. The molecule has 25 heavy (non-hydrogen) atoms. The normalized spacial score (nSPS) is 10.1. The van der Waals surface area contributed by atoms with E-state index in [0.717, 1.165) is 11.3 Å². The third-order valence-corrected chi connectivity index (χ3v) is 3.54. The predicted octanol–water partition coefficient (Wildman–Crippen LogP) is 4.15. The van der Waals surface area contributed by atoms with E-state index in [1.54, 1.807) is 30.3 Å². The molecule has 0 amide bonds. The molecule has 0 saturated heterocycles. The first-order valence-corrected chi connectivity index (χ1v) is 7.74.